The lowest BCUT2D eigenvalue weighted by Crippen LogP contribution is -2.10. The van der Waals surface area contributed by atoms with Crippen molar-refractivity contribution in [2.45, 2.75) is 32.2 Å². The molecule has 4 rings (SSSR count). The molecule has 26 heavy (non-hydrogen) atoms. The van der Waals surface area contributed by atoms with Crippen molar-refractivity contribution in [3.63, 3.8) is 0 Å². The number of nitrogens with two attached hydrogens (primary N) is 1. The molecular weight excluding hydrogens is 370 g/mol. The minimum absolute atomic E-state index is 0. The fourth-order valence-corrected chi connectivity index (χ4v) is 3.85. The number of furan rings is 1. The molecule has 136 valence electrons. The van der Waals surface area contributed by atoms with Crippen LogP contribution in [0.15, 0.2) is 40.3 Å². The van der Waals surface area contributed by atoms with Gasteiger partial charge in [-0.2, -0.15) is 0 Å². The van der Waals surface area contributed by atoms with Crippen LogP contribution in [0.5, 0.6) is 0 Å². The lowest BCUT2D eigenvalue weighted by atomic mass is 9.90. The second kappa shape index (κ2) is 8.03. The van der Waals surface area contributed by atoms with Gasteiger partial charge in [0.1, 0.15) is 12.0 Å². The highest BCUT2D eigenvalue weighted by Crippen LogP contribution is 2.29. The van der Waals surface area contributed by atoms with Crippen LogP contribution in [0.4, 0.5) is 5.13 Å². The van der Waals surface area contributed by atoms with E-state index in [0.29, 0.717) is 16.5 Å². The molecule has 1 aliphatic carbocycles. The molecule has 1 aliphatic rings. The molecule has 7 heteroatoms. The normalized spacial score (nSPS) is 13.0. The number of benzene rings is 1. The Kier molecular flexibility index (Phi) is 5.76. The van der Waals surface area contributed by atoms with E-state index in [-0.39, 0.29) is 24.9 Å². The van der Waals surface area contributed by atoms with E-state index in [0.717, 1.165) is 17.7 Å². The Balaban J connectivity index is 0.00000196. The zero-order valence-corrected chi connectivity index (χ0v) is 15.8. The molecule has 0 saturated carbocycles. The van der Waals surface area contributed by atoms with Crippen LogP contribution in [-0.4, -0.2) is 10.9 Å². The molecule has 0 radical (unpaired) electrons. The van der Waals surface area contributed by atoms with Gasteiger partial charge in [0.15, 0.2) is 5.13 Å². The van der Waals surface area contributed by atoms with Crippen LogP contribution in [0.3, 0.4) is 0 Å². The highest BCUT2D eigenvalue weighted by atomic mass is 35.5. The lowest BCUT2D eigenvalue weighted by molar-refractivity contribution is 0.102. The molecular formula is C19H20ClN3O2S. The van der Waals surface area contributed by atoms with Crippen LogP contribution >= 0.6 is 23.7 Å². The van der Waals surface area contributed by atoms with Crippen molar-refractivity contribution in [3.05, 3.63) is 58.4 Å². The number of fused-ring (bicyclic) bond motifs is 1. The molecule has 2 aromatic heterocycles. The van der Waals surface area contributed by atoms with Crippen molar-refractivity contribution in [1.29, 1.82) is 0 Å². The average molecular weight is 390 g/mol. The first-order valence-corrected chi connectivity index (χ1v) is 9.27. The van der Waals surface area contributed by atoms with Gasteiger partial charge in [-0.15, -0.1) is 23.7 Å². The van der Waals surface area contributed by atoms with Gasteiger partial charge in [0.25, 0.3) is 5.91 Å². The maximum atomic E-state index is 12.2. The quantitative estimate of drug-likeness (QED) is 0.692. The van der Waals surface area contributed by atoms with Gasteiger partial charge in [-0.1, -0.05) is 12.1 Å². The zero-order chi connectivity index (χ0) is 17.2. The SMILES string of the molecule is Cl.NCc1cc(C(=O)Nc2nc(-c3ccc4c(c3)CCCC4)cs2)co1. The number of rotatable bonds is 4. The maximum Gasteiger partial charge on any atom is 0.260 e. The Morgan fingerprint density at radius 2 is 2.04 bits per heavy atom. The van der Waals surface area contributed by atoms with Crippen molar-refractivity contribution >= 4 is 34.8 Å². The molecule has 0 aliphatic heterocycles. The Morgan fingerprint density at radius 3 is 2.81 bits per heavy atom. The summed E-state index contributed by atoms with van der Waals surface area (Å²) in [5, 5.41) is 5.37. The number of carbonyl (C=O) groups is 1. The van der Waals surface area contributed by atoms with Gasteiger partial charge in [-0.05, 0) is 48.9 Å². The summed E-state index contributed by atoms with van der Waals surface area (Å²) in [6.45, 7) is 0.271. The van der Waals surface area contributed by atoms with E-state index in [1.165, 1.54) is 48.0 Å². The number of aromatic nitrogens is 1. The number of thiazole rings is 1. The number of anilines is 1. The van der Waals surface area contributed by atoms with E-state index in [1.54, 1.807) is 6.07 Å². The molecule has 1 aromatic carbocycles. The van der Waals surface area contributed by atoms with Gasteiger partial charge < -0.3 is 10.2 Å². The number of carbonyl (C=O) groups excluding carboxylic acids is 1. The van der Waals surface area contributed by atoms with Crippen molar-refractivity contribution in [2.24, 2.45) is 5.73 Å². The van der Waals surface area contributed by atoms with Crippen molar-refractivity contribution in [1.82, 2.24) is 4.98 Å². The van der Waals surface area contributed by atoms with E-state index in [4.69, 9.17) is 10.2 Å². The van der Waals surface area contributed by atoms with Gasteiger partial charge in [0.05, 0.1) is 17.8 Å². The van der Waals surface area contributed by atoms with Gasteiger partial charge >= 0.3 is 0 Å². The number of hydrogen-bond acceptors (Lipinski definition) is 5. The molecule has 0 bridgehead atoms. The number of nitrogens with zero attached hydrogens (tertiary/aromatic N) is 1. The van der Waals surface area contributed by atoms with Crippen LogP contribution in [0, 0.1) is 0 Å². The third kappa shape index (κ3) is 3.82. The molecule has 5 nitrogen and oxygen atoms in total. The van der Waals surface area contributed by atoms with Gasteiger partial charge in [0.2, 0.25) is 0 Å². The third-order valence-electron chi connectivity index (χ3n) is 4.49. The van der Waals surface area contributed by atoms with E-state index >= 15 is 0 Å². The summed E-state index contributed by atoms with van der Waals surface area (Å²) in [5.41, 5.74) is 10.8. The van der Waals surface area contributed by atoms with Gasteiger partial charge in [-0.25, -0.2) is 4.98 Å². The number of aryl methyl sites for hydroxylation is 2. The Morgan fingerprint density at radius 1 is 1.23 bits per heavy atom. The number of nitrogens with one attached hydrogen (secondary N) is 1. The molecule has 3 aromatic rings. The van der Waals surface area contributed by atoms with E-state index < -0.39 is 0 Å². The van der Waals surface area contributed by atoms with Crippen molar-refractivity contribution in [2.75, 3.05) is 5.32 Å². The average Bonchev–Trinajstić information content (AvgIpc) is 3.30. The molecule has 0 saturated heterocycles. The smallest absolute Gasteiger partial charge is 0.260 e. The minimum atomic E-state index is -0.241. The fourth-order valence-electron chi connectivity index (χ4n) is 3.13. The second-order valence-corrected chi connectivity index (χ2v) is 7.05. The Labute approximate surface area is 162 Å². The molecule has 1 amide bonds. The first-order chi connectivity index (χ1) is 12.2. The topological polar surface area (TPSA) is 81.2 Å². The highest BCUT2D eigenvalue weighted by Gasteiger charge is 2.14. The first-order valence-electron chi connectivity index (χ1n) is 8.39. The summed E-state index contributed by atoms with van der Waals surface area (Å²) in [4.78, 5) is 16.8. The maximum absolute atomic E-state index is 12.2. The summed E-state index contributed by atoms with van der Waals surface area (Å²) in [6, 6.07) is 8.21. The van der Waals surface area contributed by atoms with Gasteiger partial charge in [0, 0.05) is 10.9 Å². The Hall–Kier alpha value is -2.15. The first kappa shape index (κ1) is 18.6. The predicted octanol–water partition coefficient (Wildman–Crippen LogP) is 4.41. The van der Waals surface area contributed by atoms with Gasteiger partial charge in [-0.3, -0.25) is 10.1 Å². The van der Waals surface area contributed by atoms with Crippen LogP contribution in [0.1, 0.15) is 40.1 Å². The molecule has 0 atom stereocenters. The highest BCUT2D eigenvalue weighted by molar-refractivity contribution is 7.14. The van der Waals surface area contributed by atoms with E-state index in [2.05, 4.69) is 28.5 Å². The summed E-state index contributed by atoms with van der Waals surface area (Å²) in [6.07, 6.45) is 6.25. The molecule has 0 unspecified atom stereocenters. The van der Waals surface area contributed by atoms with Crippen LogP contribution < -0.4 is 11.1 Å². The monoisotopic (exact) mass is 389 g/mol. The van der Waals surface area contributed by atoms with Crippen molar-refractivity contribution in [3.8, 4) is 11.3 Å². The summed E-state index contributed by atoms with van der Waals surface area (Å²) >= 11 is 1.42. The summed E-state index contributed by atoms with van der Waals surface area (Å²) < 4.78 is 5.20. The fraction of sp³-hybridized carbons (Fsp3) is 0.263. The third-order valence-corrected chi connectivity index (χ3v) is 5.24. The summed E-state index contributed by atoms with van der Waals surface area (Å²) in [5.74, 6) is 0.342. The number of amides is 1. The summed E-state index contributed by atoms with van der Waals surface area (Å²) in [7, 11) is 0. The van der Waals surface area contributed by atoms with Crippen molar-refractivity contribution < 1.29 is 9.21 Å². The van der Waals surface area contributed by atoms with Crippen LogP contribution in [-0.2, 0) is 19.4 Å². The largest absolute Gasteiger partial charge is 0.467 e. The standard InChI is InChI=1S/C19H19N3O2S.ClH/c20-9-16-8-15(10-24-16)18(23)22-19-21-17(11-25-19)14-6-5-12-3-1-2-4-13(12)7-14;/h5-8,10-11H,1-4,9,20H2,(H,21,22,23);1H. The molecule has 0 spiro atoms. The van der Waals surface area contributed by atoms with Crippen LogP contribution in [0.25, 0.3) is 11.3 Å². The minimum Gasteiger partial charge on any atom is -0.467 e. The second-order valence-electron chi connectivity index (χ2n) is 6.19. The number of halogens is 1. The predicted molar refractivity (Wildman–Crippen MR) is 106 cm³/mol. The van der Waals surface area contributed by atoms with E-state index in [9.17, 15) is 4.79 Å². The van der Waals surface area contributed by atoms with E-state index in [1.807, 2.05) is 5.38 Å². The lowest BCUT2D eigenvalue weighted by Gasteiger charge is -2.16. The zero-order valence-electron chi connectivity index (χ0n) is 14.2. The number of hydrogen-bond donors (Lipinski definition) is 2. The Bertz CT molecular complexity index is 919. The molecule has 0 fully saturated rings. The molecule has 2 heterocycles. The molecule has 3 N–H and O–H groups in total. The van der Waals surface area contributed by atoms with Crippen LogP contribution in [0.2, 0.25) is 0 Å².